The molecule has 1 rings (SSSR count). The molecule has 0 aliphatic carbocycles. The van der Waals surface area contributed by atoms with Crippen LogP contribution in [0, 0.1) is 6.92 Å². The summed E-state index contributed by atoms with van der Waals surface area (Å²) >= 11 is 10.9. The second kappa shape index (κ2) is 3.24. The van der Waals surface area contributed by atoms with Gasteiger partial charge in [-0.1, -0.05) is 17.7 Å². The number of carbonyl (C=O) groups excluding carboxylic acids is 1. The highest BCUT2D eigenvalue weighted by Gasteiger charge is 2.05. The number of aryl methyl sites for hydroxylation is 1. The average Bonchev–Trinajstić information content (AvgIpc) is 1.94. The summed E-state index contributed by atoms with van der Waals surface area (Å²) in [6.07, 6.45) is 0. The van der Waals surface area contributed by atoms with Crippen molar-refractivity contribution < 1.29 is 4.79 Å². The SMILES string of the molecule is Cc1ccc(Cl)cc1C(=O)Cl. The van der Waals surface area contributed by atoms with E-state index in [0.717, 1.165) is 5.56 Å². The lowest BCUT2D eigenvalue weighted by molar-refractivity contribution is 0.108. The van der Waals surface area contributed by atoms with Crippen LogP contribution in [0.2, 0.25) is 5.02 Å². The Hall–Kier alpha value is -0.530. The maximum absolute atomic E-state index is 10.7. The monoisotopic (exact) mass is 188 g/mol. The van der Waals surface area contributed by atoms with Gasteiger partial charge in [-0.3, -0.25) is 4.79 Å². The van der Waals surface area contributed by atoms with E-state index in [-0.39, 0.29) is 0 Å². The van der Waals surface area contributed by atoms with Gasteiger partial charge in [0.25, 0.3) is 5.24 Å². The molecule has 0 aromatic heterocycles. The zero-order valence-corrected chi connectivity index (χ0v) is 7.41. The molecule has 0 atom stereocenters. The highest BCUT2D eigenvalue weighted by Crippen LogP contribution is 2.16. The minimum atomic E-state index is -0.468. The number of halogens is 2. The Bertz CT molecular complexity index is 294. The highest BCUT2D eigenvalue weighted by molar-refractivity contribution is 6.68. The van der Waals surface area contributed by atoms with Gasteiger partial charge in [0.2, 0.25) is 0 Å². The summed E-state index contributed by atoms with van der Waals surface area (Å²) < 4.78 is 0. The third kappa shape index (κ3) is 1.95. The van der Waals surface area contributed by atoms with Gasteiger partial charge in [-0.05, 0) is 36.2 Å². The lowest BCUT2D eigenvalue weighted by Crippen LogP contribution is -1.92. The lowest BCUT2D eigenvalue weighted by atomic mass is 10.1. The molecule has 1 aromatic rings. The molecule has 1 aromatic carbocycles. The third-order valence-corrected chi connectivity index (χ3v) is 1.85. The molecule has 0 saturated heterocycles. The fourth-order valence-electron chi connectivity index (χ4n) is 0.806. The fraction of sp³-hybridized carbons (Fsp3) is 0.125. The van der Waals surface area contributed by atoms with E-state index in [0.29, 0.717) is 10.6 Å². The van der Waals surface area contributed by atoms with Crippen LogP contribution in [0.25, 0.3) is 0 Å². The molecule has 0 spiro atoms. The maximum atomic E-state index is 10.7. The number of rotatable bonds is 1. The van der Waals surface area contributed by atoms with Gasteiger partial charge in [0, 0.05) is 10.6 Å². The van der Waals surface area contributed by atoms with Crippen LogP contribution in [0.15, 0.2) is 18.2 Å². The Morgan fingerprint density at radius 2 is 2.09 bits per heavy atom. The van der Waals surface area contributed by atoms with Crippen molar-refractivity contribution in [3.05, 3.63) is 34.3 Å². The Kier molecular flexibility index (Phi) is 2.53. The normalized spacial score (nSPS) is 9.73. The van der Waals surface area contributed by atoms with Crippen molar-refractivity contribution in [2.75, 3.05) is 0 Å². The van der Waals surface area contributed by atoms with E-state index in [2.05, 4.69) is 0 Å². The van der Waals surface area contributed by atoms with Crippen LogP contribution >= 0.6 is 23.2 Å². The van der Waals surface area contributed by atoms with Crippen LogP contribution in [0.1, 0.15) is 15.9 Å². The second-order valence-electron chi connectivity index (χ2n) is 2.23. The van der Waals surface area contributed by atoms with E-state index < -0.39 is 5.24 Å². The molecule has 0 N–H and O–H groups in total. The van der Waals surface area contributed by atoms with Crippen LogP contribution in [0.4, 0.5) is 0 Å². The van der Waals surface area contributed by atoms with E-state index in [9.17, 15) is 4.79 Å². The largest absolute Gasteiger partial charge is 0.276 e. The second-order valence-corrected chi connectivity index (χ2v) is 3.01. The van der Waals surface area contributed by atoms with Gasteiger partial charge in [-0.25, -0.2) is 0 Å². The van der Waals surface area contributed by atoms with Gasteiger partial charge in [0.15, 0.2) is 0 Å². The Morgan fingerprint density at radius 3 is 2.55 bits per heavy atom. The van der Waals surface area contributed by atoms with Crippen molar-refractivity contribution in [2.24, 2.45) is 0 Å². The zero-order chi connectivity index (χ0) is 8.43. The summed E-state index contributed by atoms with van der Waals surface area (Å²) in [5.74, 6) is 0. The van der Waals surface area contributed by atoms with Gasteiger partial charge >= 0.3 is 0 Å². The number of hydrogen-bond acceptors (Lipinski definition) is 1. The first-order valence-electron chi connectivity index (χ1n) is 3.07. The van der Waals surface area contributed by atoms with Crippen molar-refractivity contribution in [1.82, 2.24) is 0 Å². The summed E-state index contributed by atoms with van der Waals surface area (Å²) in [5, 5.41) is 0.0598. The molecule has 0 fully saturated rings. The number of hydrogen-bond donors (Lipinski definition) is 0. The van der Waals surface area contributed by atoms with Crippen LogP contribution in [-0.2, 0) is 0 Å². The summed E-state index contributed by atoms with van der Waals surface area (Å²) in [4.78, 5) is 10.7. The number of benzene rings is 1. The molecule has 58 valence electrons. The molecule has 0 bridgehead atoms. The molecule has 1 nitrogen and oxygen atoms in total. The Labute approximate surface area is 74.9 Å². The maximum Gasteiger partial charge on any atom is 0.252 e. The van der Waals surface area contributed by atoms with Gasteiger partial charge in [-0.15, -0.1) is 0 Å². The summed E-state index contributed by atoms with van der Waals surface area (Å²) in [6.45, 7) is 1.81. The highest BCUT2D eigenvalue weighted by atomic mass is 35.5. The Balaban J connectivity index is 3.23. The van der Waals surface area contributed by atoms with E-state index in [1.807, 2.05) is 6.92 Å². The standard InChI is InChI=1S/C8H6Cl2O/c1-5-2-3-6(9)4-7(5)8(10)11/h2-4H,1H3. The molecule has 11 heavy (non-hydrogen) atoms. The topological polar surface area (TPSA) is 17.1 Å². The van der Waals surface area contributed by atoms with E-state index in [4.69, 9.17) is 23.2 Å². The van der Waals surface area contributed by atoms with Gasteiger partial charge in [0.1, 0.15) is 0 Å². The quantitative estimate of drug-likeness (QED) is 0.620. The van der Waals surface area contributed by atoms with Crippen molar-refractivity contribution in [3.8, 4) is 0 Å². The summed E-state index contributed by atoms with van der Waals surface area (Å²) in [6, 6.07) is 5.05. The van der Waals surface area contributed by atoms with E-state index in [1.54, 1.807) is 18.2 Å². The first kappa shape index (κ1) is 8.57. The van der Waals surface area contributed by atoms with Crippen LogP contribution < -0.4 is 0 Å². The average molecular weight is 189 g/mol. The minimum absolute atomic E-state index is 0.468. The first-order valence-corrected chi connectivity index (χ1v) is 3.83. The molecule has 0 amide bonds. The molecule has 0 heterocycles. The third-order valence-electron chi connectivity index (χ3n) is 1.41. The molecule has 0 unspecified atom stereocenters. The minimum Gasteiger partial charge on any atom is -0.276 e. The van der Waals surface area contributed by atoms with Gasteiger partial charge in [0.05, 0.1) is 0 Å². The van der Waals surface area contributed by atoms with E-state index >= 15 is 0 Å². The number of carbonyl (C=O) groups is 1. The molecule has 3 heteroatoms. The van der Waals surface area contributed by atoms with Crippen molar-refractivity contribution in [1.29, 1.82) is 0 Å². The van der Waals surface area contributed by atoms with Crippen molar-refractivity contribution in [3.63, 3.8) is 0 Å². The smallest absolute Gasteiger partial charge is 0.252 e. The van der Waals surface area contributed by atoms with Crippen LogP contribution in [0.3, 0.4) is 0 Å². The fourth-order valence-corrected chi connectivity index (χ4v) is 1.18. The first-order chi connectivity index (χ1) is 5.11. The molecule has 0 aliphatic heterocycles. The van der Waals surface area contributed by atoms with E-state index in [1.165, 1.54) is 0 Å². The summed E-state index contributed by atoms with van der Waals surface area (Å²) in [7, 11) is 0. The molecule has 0 radical (unpaired) electrons. The summed E-state index contributed by atoms with van der Waals surface area (Å²) in [5.41, 5.74) is 1.31. The predicted octanol–water partition coefficient (Wildman–Crippen LogP) is 3.03. The molecular weight excluding hydrogens is 183 g/mol. The van der Waals surface area contributed by atoms with Crippen molar-refractivity contribution in [2.45, 2.75) is 6.92 Å². The molecule has 0 saturated carbocycles. The van der Waals surface area contributed by atoms with Crippen molar-refractivity contribution >= 4 is 28.4 Å². The molecular formula is C8H6Cl2O. The predicted molar refractivity (Wildman–Crippen MR) is 46.4 cm³/mol. The zero-order valence-electron chi connectivity index (χ0n) is 5.90. The van der Waals surface area contributed by atoms with Gasteiger partial charge in [-0.2, -0.15) is 0 Å². The lowest BCUT2D eigenvalue weighted by Gasteiger charge is -1.98. The van der Waals surface area contributed by atoms with Crippen LogP contribution in [0.5, 0.6) is 0 Å². The van der Waals surface area contributed by atoms with Gasteiger partial charge < -0.3 is 0 Å². The molecule has 0 aliphatic rings. The van der Waals surface area contributed by atoms with Crippen LogP contribution in [-0.4, -0.2) is 5.24 Å². The Morgan fingerprint density at radius 1 is 1.45 bits per heavy atom.